The number of amides is 1. The van der Waals surface area contributed by atoms with E-state index in [9.17, 15) is 4.79 Å². The second-order valence-corrected chi connectivity index (χ2v) is 6.52. The molecule has 7 nitrogen and oxygen atoms in total. The van der Waals surface area contributed by atoms with Crippen LogP contribution < -0.4 is 5.73 Å². The van der Waals surface area contributed by atoms with E-state index in [0.717, 1.165) is 24.4 Å². The molecule has 0 bridgehead atoms. The summed E-state index contributed by atoms with van der Waals surface area (Å²) in [7, 11) is 2.00. The second kappa shape index (κ2) is 5.02. The standard InChI is InChI=1S/C17H18N6O/c1-17(7-8-17)16-19-9-14(22(16)2)12-10-23(21-20-12)13-6-4-3-5-11(13)15(18)24/h3-6,9-10H,7-8H2,1-2H3,(H2,18,24). The van der Waals surface area contributed by atoms with Crippen molar-refractivity contribution < 1.29 is 4.79 Å². The SMILES string of the molecule is Cn1c(-c2cn(-c3ccccc3C(N)=O)nn2)cnc1C1(C)CC1. The molecule has 1 amide bonds. The van der Waals surface area contributed by atoms with E-state index in [-0.39, 0.29) is 5.41 Å². The van der Waals surface area contributed by atoms with E-state index in [0.29, 0.717) is 16.9 Å². The van der Waals surface area contributed by atoms with Gasteiger partial charge < -0.3 is 10.3 Å². The average Bonchev–Trinajstić information content (AvgIpc) is 3.00. The van der Waals surface area contributed by atoms with Gasteiger partial charge in [0.25, 0.3) is 5.91 Å². The van der Waals surface area contributed by atoms with Crippen LogP contribution in [0.4, 0.5) is 0 Å². The lowest BCUT2D eigenvalue weighted by atomic mass is 10.1. The third-order valence-corrected chi connectivity index (χ3v) is 4.70. The van der Waals surface area contributed by atoms with Crippen molar-refractivity contribution in [2.75, 3.05) is 0 Å². The first-order chi connectivity index (χ1) is 11.5. The van der Waals surface area contributed by atoms with Crippen LogP contribution in [-0.2, 0) is 12.5 Å². The van der Waals surface area contributed by atoms with Gasteiger partial charge in [0.2, 0.25) is 0 Å². The molecular weight excluding hydrogens is 304 g/mol. The van der Waals surface area contributed by atoms with Gasteiger partial charge >= 0.3 is 0 Å². The Kier molecular flexibility index (Phi) is 3.06. The predicted molar refractivity (Wildman–Crippen MR) is 88.7 cm³/mol. The number of hydrogen-bond donors (Lipinski definition) is 1. The van der Waals surface area contributed by atoms with Crippen molar-refractivity contribution in [2.45, 2.75) is 25.2 Å². The number of carbonyl (C=O) groups is 1. The Balaban J connectivity index is 1.74. The summed E-state index contributed by atoms with van der Waals surface area (Å²) in [6.07, 6.45) is 5.94. The van der Waals surface area contributed by atoms with Crippen LogP contribution in [0.25, 0.3) is 17.1 Å². The molecule has 2 heterocycles. The molecular formula is C17H18N6O. The van der Waals surface area contributed by atoms with Crippen LogP contribution in [0.3, 0.4) is 0 Å². The molecule has 0 atom stereocenters. The third kappa shape index (κ3) is 2.20. The van der Waals surface area contributed by atoms with E-state index in [1.54, 1.807) is 29.1 Å². The summed E-state index contributed by atoms with van der Waals surface area (Å²) in [6.45, 7) is 2.22. The van der Waals surface area contributed by atoms with Gasteiger partial charge in [0.1, 0.15) is 11.5 Å². The zero-order valence-electron chi connectivity index (χ0n) is 13.6. The first-order valence-electron chi connectivity index (χ1n) is 7.84. The van der Waals surface area contributed by atoms with E-state index >= 15 is 0 Å². The van der Waals surface area contributed by atoms with Crippen molar-refractivity contribution in [3.8, 4) is 17.1 Å². The van der Waals surface area contributed by atoms with Crippen LogP contribution in [0.5, 0.6) is 0 Å². The highest BCUT2D eigenvalue weighted by molar-refractivity contribution is 5.96. The lowest BCUT2D eigenvalue weighted by Crippen LogP contribution is -2.14. The number of benzene rings is 1. The molecule has 0 saturated heterocycles. The van der Waals surface area contributed by atoms with Crippen LogP contribution in [0, 0.1) is 0 Å². The third-order valence-electron chi connectivity index (χ3n) is 4.70. The van der Waals surface area contributed by atoms with Gasteiger partial charge in [0.05, 0.1) is 29.3 Å². The Hall–Kier alpha value is -2.96. The predicted octanol–water partition coefficient (Wildman–Crippen LogP) is 1.82. The van der Waals surface area contributed by atoms with Gasteiger partial charge in [-0.2, -0.15) is 0 Å². The summed E-state index contributed by atoms with van der Waals surface area (Å²) in [5, 5.41) is 8.39. The molecule has 1 aromatic carbocycles. The van der Waals surface area contributed by atoms with E-state index in [1.807, 2.05) is 19.3 Å². The minimum Gasteiger partial charge on any atom is -0.366 e. The average molecular weight is 322 g/mol. The van der Waals surface area contributed by atoms with Crippen molar-refractivity contribution in [1.82, 2.24) is 24.5 Å². The summed E-state index contributed by atoms with van der Waals surface area (Å²) in [4.78, 5) is 16.2. The summed E-state index contributed by atoms with van der Waals surface area (Å²) in [5.41, 5.74) is 8.25. The van der Waals surface area contributed by atoms with Crippen molar-refractivity contribution >= 4 is 5.91 Å². The number of nitrogens with zero attached hydrogens (tertiary/aromatic N) is 5. The minimum atomic E-state index is -0.493. The highest BCUT2D eigenvalue weighted by Gasteiger charge is 2.43. The largest absolute Gasteiger partial charge is 0.366 e. The topological polar surface area (TPSA) is 91.6 Å². The molecule has 2 aromatic heterocycles. The molecule has 0 radical (unpaired) electrons. The fraction of sp³-hybridized carbons (Fsp3) is 0.294. The summed E-state index contributed by atoms with van der Waals surface area (Å²) >= 11 is 0. The van der Waals surface area contributed by atoms with Crippen LogP contribution >= 0.6 is 0 Å². The number of carbonyl (C=O) groups excluding carboxylic acids is 1. The molecule has 3 aromatic rings. The van der Waals surface area contributed by atoms with Gasteiger partial charge in [-0.1, -0.05) is 24.3 Å². The summed E-state index contributed by atoms with van der Waals surface area (Å²) < 4.78 is 3.64. The monoisotopic (exact) mass is 322 g/mol. The quantitative estimate of drug-likeness (QED) is 0.793. The van der Waals surface area contributed by atoms with E-state index in [1.165, 1.54) is 0 Å². The van der Waals surface area contributed by atoms with Crippen LogP contribution in [0.2, 0.25) is 0 Å². The molecule has 1 saturated carbocycles. The van der Waals surface area contributed by atoms with E-state index < -0.39 is 5.91 Å². The molecule has 1 aliphatic carbocycles. The van der Waals surface area contributed by atoms with Gasteiger partial charge in [0.15, 0.2) is 0 Å². The van der Waals surface area contributed by atoms with Crippen molar-refractivity contribution in [2.24, 2.45) is 12.8 Å². The number of nitrogens with two attached hydrogens (primary N) is 1. The van der Waals surface area contributed by atoms with Crippen LogP contribution in [-0.4, -0.2) is 30.5 Å². The van der Waals surface area contributed by atoms with Crippen molar-refractivity contribution in [3.05, 3.63) is 48.0 Å². The molecule has 122 valence electrons. The maximum atomic E-state index is 11.6. The molecule has 4 rings (SSSR count). The van der Waals surface area contributed by atoms with Gasteiger partial charge in [-0.25, -0.2) is 9.67 Å². The molecule has 0 spiro atoms. The first-order valence-corrected chi connectivity index (χ1v) is 7.84. The van der Waals surface area contributed by atoms with Crippen molar-refractivity contribution in [1.29, 1.82) is 0 Å². The number of imidazole rings is 1. The van der Waals surface area contributed by atoms with E-state index in [2.05, 4.69) is 26.8 Å². The summed E-state index contributed by atoms with van der Waals surface area (Å²) in [6, 6.07) is 7.07. The minimum absolute atomic E-state index is 0.182. The molecule has 1 aliphatic rings. The van der Waals surface area contributed by atoms with Crippen LogP contribution in [0.15, 0.2) is 36.7 Å². The molecule has 7 heteroatoms. The molecule has 1 fully saturated rings. The first kappa shape index (κ1) is 14.6. The van der Waals surface area contributed by atoms with Gasteiger partial charge in [-0.15, -0.1) is 5.10 Å². The Morgan fingerprint density at radius 2 is 2.04 bits per heavy atom. The fourth-order valence-electron chi connectivity index (χ4n) is 3.00. The Bertz CT molecular complexity index is 934. The molecule has 0 aliphatic heterocycles. The number of para-hydroxylation sites is 1. The Labute approximate surface area is 139 Å². The highest BCUT2D eigenvalue weighted by Crippen LogP contribution is 2.47. The fourth-order valence-corrected chi connectivity index (χ4v) is 3.00. The number of rotatable bonds is 4. The smallest absolute Gasteiger partial charge is 0.250 e. The van der Waals surface area contributed by atoms with Crippen molar-refractivity contribution in [3.63, 3.8) is 0 Å². The molecule has 0 unspecified atom stereocenters. The zero-order valence-corrected chi connectivity index (χ0v) is 13.6. The maximum Gasteiger partial charge on any atom is 0.250 e. The van der Waals surface area contributed by atoms with Gasteiger partial charge in [-0.3, -0.25) is 4.79 Å². The second-order valence-electron chi connectivity index (χ2n) is 6.52. The highest BCUT2D eigenvalue weighted by atomic mass is 16.1. The lowest BCUT2D eigenvalue weighted by Gasteiger charge is -2.09. The number of hydrogen-bond acceptors (Lipinski definition) is 4. The molecule has 2 N–H and O–H groups in total. The summed E-state index contributed by atoms with van der Waals surface area (Å²) in [5.74, 6) is 0.580. The molecule has 24 heavy (non-hydrogen) atoms. The van der Waals surface area contributed by atoms with E-state index in [4.69, 9.17) is 5.73 Å². The van der Waals surface area contributed by atoms with Gasteiger partial charge in [0, 0.05) is 12.5 Å². The maximum absolute atomic E-state index is 11.6. The van der Waals surface area contributed by atoms with Crippen LogP contribution in [0.1, 0.15) is 35.9 Å². The Morgan fingerprint density at radius 1 is 1.29 bits per heavy atom. The van der Waals surface area contributed by atoms with Gasteiger partial charge in [-0.05, 0) is 25.0 Å². The number of aromatic nitrogens is 5. The lowest BCUT2D eigenvalue weighted by molar-refractivity contribution is 0.1000. The zero-order chi connectivity index (χ0) is 16.9. The normalized spacial score (nSPS) is 15.4. The number of primary amides is 1. The Morgan fingerprint density at radius 3 is 2.75 bits per heavy atom.